The molecule has 2 rings (SSSR count). The molecule has 0 atom stereocenters. The van der Waals surface area contributed by atoms with Crippen LogP contribution in [0, 0.1) is 0 Å². The van der Waals surface area contributed by atoms with Gasteiger partial charge in [-0.05, 0) is 18.2 Å². The number of aromatic nitrogens is 1. The predicted octanol–water partition coefficient (Wildman–Crippen LogP) is 1.68. The van der Waals surface area contributed by atoms with Gasteiger partial charge in [-0.25, -0.2) is 4.79 Å². The standard InChI is InChI=1S/C13H9ClN2O5/c14-8-3-6(13(20)21)1-2-9(8)15-12(19)7-4-10(17)16-11(18)5-7/h1-5H,(H,15,19)(H,20,21)(H2,16,17,18). The van der Waals surface area contributed by atoms with Crippen molar-refractivity contribution in [2.24, 2.45) is 0 Å². The van der Waals surface area contributed by atoms with Crippen LogP contribution >= 0.6 is 11.6 Å². The maximum atomic E-state index is 11.9. The third-order valence-electron chi connectivity index (χ3n) is 2.56. The van der Waals surface area contributed by atoms with Crippen LogP contribution in [-0.2, 0) is 0 Å². The van der Waals surface area contributed by atoms with Crippen molar-refractivity contribution >= 4 is 29.2 Å². The fourth-order valence-electron chi connectivity index (χ4n) is 1.60. The summed E-state index contributed by atoms with van der Waals surface area (Å²) in [6, 6.07) is 5.88. The Hall–Kier alpha value is -2.80. The van der Waals surface area contributed by atoms with Crippen LogP contribution in [0.5, 0.6) is 5.88 Å². The minimum absolute atomic E-state index is 0.0215. The van der Waals surface area contributed by atoms with Crippen LogP contribution in [0.4, 0.5) is 5.69 Å². The first kappa shape index (κ1) is 14.6. The smallest absolute Gasteiger partial charge is 0.335 e. The number of hydrogen-bond donors (Lipinski definition) is 4. The highest BCUT2D eigenvalue weighted by Crippen LogP contribution is 2.23. The number of aromatic hydroxyl groups is 1. The first-order valence-electron chi connectivity index (χ1n) is 5.64. The molecule has 0 radical (unpaired) electrons. The summed E-state index contributed by atoms with van der Waals surface area (Å²) in [5.74, 6) is -2.25. The first-order valence-corrected chi connectivity index (χ1v) is 6.02. The minimum Gasteiger partial charge on any atom is -0.494 e. The lowest BCUT2D eigenvalue weighted by Crippen LogP contribution is -2.16. The zero-order chi connectivity index (χ0) is 15.6. The van der Waals surface area contributed by atoms with E-state index in [1.165, 1.54) is 18.2 Å². The van der Waals surface area contributed by atoms with Crippen LogP contribution in [0.3, 0.4) is 0 Å². The number of carboxylic acid groups (broad SMARTS) is 1. The summed E-state index contributed by atoms with van der Waals surface area (Å²) in [7, 11) is 0. The van der Waals surface area contributed by atoms with Crippen LogP contribution in [-0.4, -0.2) is 27.1 Å². The molecule has 1 aromatic carbocycles. The van der Waals surface area contributed by atoms with Gasteiger partial charge in [0.05, 0.1) is 21.8 Å². The summed E-state index contributed by atoms with van der Waals surface area (Å²) >= 11 is 5.87. The van der Waals surface area contributed by atoms with Gasteiger partial charge in [-0.2, -0.15) is 0 Å². The van der Waals surface area contributed by atoms with E-state index in [0.717, 1.165) is 12.1 Å². The molecular formula is C13H9ClN2O5. The van der Waals surface area contributed by atoms with E-state index < -0.39 is 23.3 Å². The highest BCUT2D eigenvalue weighted by Gasteiger charge is 2.12. The number of pyridine rings is 1. The van der Waals surface area contributed by atoms with Gasteiger partial charge in [0.2, 0.25) is 0 Å². The number of benzene rings is 1. The van der Waals surface area contributed by atoms with Crippen molar-refractivity contribution in [3.8, 4) is 5.88 Å². The molecule has 0 aliphatic carbocycles. The number of anilines is 1. The summed E-state index contributed by atoms with van der Waals surface area (Å²) < 4.78 is 0. The van der Waals surface area contributed by atoms with E-state index in [4.69, 9.17) is 16.7 Å². The molecule has 0 unspecified atom stereocenters. The molecule has 0 saturated heterocycles. The van der Waals surface area contributed by atoms with Crippen LogP contribution in [0.1, 0.15) is 20.7 Å². The van der Waals surface area contributed by atoms with E-state index in [1.807, 2.05) is 0 Å². The molecule has 1 aromatic heterocycles. The molecule has 0 aliphatic heterocycles. The summed E-state index contributed by atoms with van der Waals surface area (Å²) in [4.78, 5) is 36.0. The Morgan fingerprint density at radius 1 is 1.14 bits per heavy atom. The number of nitrogens with one attached hydrogen (secondary N) is 2. The van der Waals surface area contributed by atoms with E-state index in [-0.39, 0.29) is 21.8 Å². The van der Waals surface area contributed by atoms with Gasteiger partial charge in [0, 0.05) is 12.1 Å². The van der Waals surface area contributed by atoms with Gasteiger partial charge in [-0.1, -0.05) is 11.6 Å². The largest absolute Gasteiger partial charge is 0.494 e. The third kappa shape index (κ3) is 3.40. The number of carbonyl (C=O) groups is 2. The number of aromatic carboxylic acids is 1. The summed E-state index contributed by atoms with van der Waals surface area (Å²) in [5.41, 5.74) is -0.527. The Bertz CT molecular complexity index is 784. The highest BCUT2D eigenvalue weighted by atomic mass is 35.5. The minimum atomic E-state index is -1.14. The zero-order valence-electron chi connectivity index (χ0n) is 10.4. The SMILES string of the molecule is O=C(O)c1ccc(NC(=O)c2cc(O)[nH]c(=O)c2)c(Cl)c1. The highest BCUT2D eigenvalue weighted by molar-refractivity contribution is 6.34. The molecular weight excluding hydrogens is 300 g/mol. The number of carbonyl (C=O) groups excluding carboxylic acids is 1. The Balaban J connectivity index is 2.27. The summed E-state index contributed by atoms with van der Waals surface area (Å²) in [6.45, 7) is 0. The number of carboxylic acids is 1. The zero-order valence-corrected chi connectivity index (χ0v) is 11.1. The van der Waals surface area contributed by atoms with Crippen molar-refractivity contribution in [2.75, 3.05) is 5.32 Å². The van der Waals surface area contributed by atoms with Crippen LogP contribution in [0.15, 0.2) is 35.1 Å². The van der Waals surface area contributed by atoms with Gasteiger partial charge in [0.1, 0.15) is 0 Å². The number of hydrogen-bond acceptors (Lipinski definition) is 4. The molecule has 4 N–H and O–H groups in total. The second-order valence-electron chi connectivity index (χ2n) is 4.07. The maximum Gasteiger partial charge on any atom is 0.335 e. The topological polar surface area (TPSA) is 119 Å². The maximum absolute atomic E-state index is 11.9. The Morgan fingerprint density at radius 2 is 1.86 bits per heavy atom. The van der Waals surface area contributed by atoms with Crippen LogP contribution in [0.2, 0.25) is 5.02 Å². The normalized spacial score (nSPS) is 10.1. The molecule has 108 valence electrons. The van der Waals surface area contributed by atoms with E-state index in [1.54, 1.807) is 0 Å². The van der Waals surface area contributed by atoms with Gasteiger partial charge >= 0.3 is 5.97 Å². The average Bonchev–Trinajstić information content (AvgIpc) is 2.39. The molecule has 0 fully saturated rings. The van der Waals surface area contributed by atoms with Crippen LogP contribution in [0.25, 0.3) is 0 Å². The van der Waals surface area contributed by atoms with E-state index in [2.05, 4.69) is 10.3 Å². The van der Waals surface area contributed by atoms with Crippen LogP contribution < -0.4 is 10.9 Å². The van der Waals surface area contributed by atoms with E-state index in [0.29, 0.717) is 0 Å². The molecule has 8 heteroatoms. The molecule has 0 spiro atoms. The number of aromatic amines is 1. The number of rotatable bonds is 3. The van der Waals surface area contributed by atoms with Crippen molar-refractivity contribution in [1.82, 2.24) is 4.98 Å². The first-order chi connectivity index (χ1) is 9.86. The number of halogens is 1. The monoisotopic (exact) mass is 308 g/mol. The molecule has 0 bridgehead atoms. The predicted molar refractivity (Wildman–Crippen MR) is 75.1 cm³/mol. The third-order valence-corrected chi connectivity index (χ3v) is 2.87. The lowest BCUT2D eigenvalue weighted by Gasteiger charge is -2.08. The second kappa shape index (κ2) is 5.68. The molecule has 0 saturated carbocycles. The summed E-state index contributed by atoms with van der Waals surface area (Å²) in [5, 5.41) is 20.5. The number of H-pyrrole nitrogens is 1. The van der Waals surface area contributed by atoms with Gasteiger partial charge in [0.15, 0.2) is 5.88 Å². The Morgan fingerprint density at radius 3 is 2.43 bits per heavy atom. The van der Waals surface area contributed by atoms with Gasteiger partial charge in [-0.15, -0.1) is 0 Å². The van der Waals surface area contributed by atoms with E-state index >= 15 is 0 Å². The molecule has 21 heavy (non-hydrogen) atoms. The quantitative estimate of drug-likeness (QED) is 0.687. The molecule has 7 nitrogen and oxygen atoms in total. The van der Waals surface area contributed by atoms with Gasteiger partial charge < -0.3 is 15.5 Å². The average molecular weight is 309 g/mol. The fourth-order valence-corrected chi connectivity index (χ4v) is 1.83. The van der Waals surface area contributed by atoms with Gasteiger partial charge in [0.25, 0.3) is 11.5 Å². The second-order valence-corrected chi connectivity index (χ2v) is 4.48. The Kier molecular flexibility index (Phi) is 3.95. The fraction of sp³-hybridized carbons (Fsp3) is 0. The Labute approximate surface area is 122 Å². The molecule has 1 heterocycles. The van der Waals surface area contributed by atoms with Crippen molar-refractivity contribution < 1.29 is 19.8 Å². The van der Waals surface area contributed by atoms with Crippen molar-refractivity contribution in [3.05, 3.63) is 56.8 Å². The van der Waals surface area contributed by atoms with Crippen molar-refractivity contribution in [1.29, 1.82) is 0 Å². The summed E-state index contributed by atoms with van der Waals surface area (Å²) in [6.07, 6.45) is 0. The lowest BCUT2D eigenvalue weighted by molar-refractivity contribution is 0.0696. The van der Waals surface area contributed by atoms with E-state index in [9.17, 15) is 19.5 Å². The van der Waals surface area contributed by atoms with Crippen molar-refractivity contribution in [3.63, 3.8) is 0 Å². The van der Waals surface area contributed by atoms with Crippen molar-refractivity contribution in [2.45, 2.75) is 0 Å². The van der Waals surface area contributed by atoms with Gasteiger partial charge in [-0.3, -0.25) is 14.6 Å². The number of amides is 1. The molecule has 0 aliphatic rings. The molecule has 1 amide bonds. The lowest BCUT2D eigenvalue weighted by atomic mass is 10.2. The molecule has 2 aromatic rings.